The lowest BCUT2D eigenvalue weighted by Gasteiger charge is -2.35. The molecule has 342 valence electrons. The molecule has 0 unspecified atom stereocenters. The van der Waals surface area contributed by atoms with Crippen molar-refractivity contribution >= 4 is 33.9 Å². The molecule has 2 aliphatic heterocycles. The normalized spacial score (nSPS) is 13.1. The summed E-state index contributed by atoms with van der Waals surface area (Å²) in [7, 11) is 6.32. The Bertz CT molecular complexity index is 2650. The number of hydrogen-bond donors (Lipinski definition) is 0. The van der Waals surface area contributed by atoms with Gasteiger partial charge in [0.25, 0.3) is 5.91 Å². The standard InChI is InChI=1S/C52H63N6O7/c1-10-56(11-2)37-19-21-41-45(33-37)65-46-34-38(57(12-3)13-4)20-22-42(46)49(41)39-17-14-15-18-40(39)52(59)58-28-26-55(27-29-58)25-16-30-64-50-35(5)44(60-6)24-23-43(50)54-53-36-31-47(61-7)51(63-9)48(32-36)62-8/h14-15,17-24,31-34H,10-13,16,25-30H2,1-9H3/q+1. The monoisotopic (exact) mass is 883 g/mol. The van der Waals surface area contributed by atoms with E-state index in [-0.39, 0.29) is 5.91 Å². The highest BCUT2D eigenvalue weighted by Gasteiger charge is 2.27. The number of methoxy groups -OCH3 is 4. The minimum atomic E-state index is 0.0342. The number of azo groups is 1. The molecule has 0 N–H and O–H groups in total. The highest BCUT2D eigenvalue weighted by Crippen LogP contribution is 2.44. The van der Waals surface area contributed by atoms with Crippen LogP contribution in [0.25, 0.3) is 33.4 Å². The van der Waals surface area contributed by atoms with Crippen LogP contribution in [-0.2, 0) is 0 Å². The molecule has 0 bridgehead atoms. The molecule has 0 saturated carbocycles. The third-order valence-electron chi connectivity index (χ3n) is 12.4. The van der Waals surface area contributed by atoms with Gasteiger partial charge in [0.1, 0.15) is 35.9 Å². The maximum Gasteiger partial charge on any atom is 0.254 e. The Balaban J connectivity index is 1.06. The van der Waals surface area contributed by atoms with Gasteiger partial charge in [-0.05, 0) is 83.0 Å². The fraction of sp³-hybridized carbons (Fsp3) is 0.385. The molecule has 1 fully saturated rings. The second kappa shape index (κ2) is 21.4. The lowest BCUT2D eigenvalue weighted by molar-refractivity contribution is 0.0631. The molecule has 4 aromatic rings. The second-order valence-corrected chi connectivity index (χ2v) is 15.9. The van der Waals surface area contributed by atoms with E-state index in [1.807, 2.05) is 42.2 Å². The molecule has 7 rings (SSSR count). The maximum absolute atomic E-state index is 14.6. The number of hydrogen-bond acceptors (Lipinski definition) is 11. The number of amides is 1. The molecule has 4 aromatic carbocycles. The Morgan fingerprint density at radius 2 is 1.45 bits per heavy atom. The summed E-state index contributed by atoms with van der Waals surface area (Å²) in [6, 6.07) is 28.1. The molecule has 1 saturated heterocycles. The zero-order chi connectivity index (χ0) is 46.0. The summed E-state index contributed by atoms with van der Waals surface area (Å²) in [4.78, 5) is 21.3. The van der Waals surface area contributed by atoms with E-state index in [9.17, 15) is 4.79 Å². The summed E-state index contributed by atoms with van der Waals surface area (Å²) in [5.41, 5.74) is 7.44. The van der Waals surface area contributed by atoms with E-state index >= 15 is 0 Å². The van der Waals surface area contributed by atoms with Gasteiger partial charge in [0.2, 0.25) is 11.1 Å². The molecule has 13 heteroatoms. The van der Waals surface area contributed by atoms with Crippen molar-refractivity contribution < 1.29 is 32.9 Å². The van der Waals surface area contributed by atoms with Gasteiger partial charge in [-0.3, -0.25) is 9.69 Å². The summed E-state index contributed by atoms with van der Waals surface area (Å²) in [6.45, 7) is 18.3. The number of fused-ring (bicyclic) bond motifs is 2. The number of carbonyl (C=O) groups excluding carboxylic acids is 1. The third kappa shape index (κ3) is 9.90. The highest BCUT2D eigenvalue weighted by molar-refractivity contribution is 6.09. The van der Waals surface area contributed by atoms with Gasteiger partial charge in [-0.15, -0.1) is 5.11 Å². The lowest BCUT2D eigenvalue weighted by Crippen LogP contribution is -2.49. The maximum atomic E-state index is 14.6. The van der Waals surface area contributed by atoms with Gasteiger partial charge in [0.15, 0.2) is 17.2 Å². The molecular formula is C52H63N6O7+. The molecule has 0 spiro atoms. The van der Waals surface area contributed by atoms with E-state index in [0.29, 0.717) is 65.4 Å². The summed E-state index contributed by atoms with van der Waals surface area (Å²) in [5.74, 6) is 3.59. The molecule has 1 amide bonds. The van der Waals surface area contributed by atoms with Crippen molar-refractivity contribution in [2.75, 3.05) is 98.8 Å². The SMILES string of the molecule is CCN(CC)c1ccc2c(-c3ccccc3C(=O)N3CCN(CCCOc4c(N=Nc5cc(OC)c(OC)c(OC)c5)ccc(OC)c4C)CC3)c3ccc(=[N+](CC)CC)cc-3oc2c1. The molecule has 13 nitrogen and oxygen atoms in total. The van der Waals surface area contributed by atoms with Crippen molar-refractivity contribution in [3.63, 3.8) is 0 Å². The topological polar surface area (TPSA) is 114 Å². The predicted molar refractivity (Wildman–Crippen MR) is 259 cm³/mol. The summed E-state index contributed by atoms with van der Waals surface area (Å²) < 4.78 is 37.5. The first kappa shape index (κ1) is 46.4. The van der Waals surface area contributed by atoms with Crippen molar-refractivity contribution in [2.45, 2.75) is 41.0 Å². The Hall–Kier alpha value is -6.60. The quantitative estimate of drug-likeness (QED) is 0.0360. The Morgan fingerprint density at radius 1 is 0.738 bits per heavy atom. The molecule has 65 heavy (non-hydrogen) atoms. The Kier molecular flexibility index (Phi) is 15.3. The van der Waals surface area contributed by atoms with Crippen LogP contribution in [0, 0.1) is 6.92 Å². The van der Waals surface area contributed by atoms with Crippen molar-refractivity contribution in [1.82, 2.24) is 14.4 Å². The van der Waals surface area contributed by atoms with Gasteiger partial charge < -0.3 is 37.9 Å². The van der Waals surface area contributed by atoms with E-state index in [1.54, 1.807) is 40.6 Å². The smallest absolute Gasteiger partial charge is 0.254 e. The molecule has 2 heterocycles. The fourth-order valence-corrected chi connectivity index (χ4v) is 8.80. The van der Waals surface area contributed by atoms with Crippen LogP contribution in [0.3, 0.4) is 0 Å². The summed E-state index contributed by atoms with van der Waals surface area (Å²) in [5, 5.41) is 11.1. The van der Waals surface area contributed by atoms with E-state index in [1.165, 1.54) is 0 Å². The summed E-state index contributed by atoms with van der Waals surface area (Å²) >= 11 is 0. The first-order chi connectivity index (χ1) is 31.7. The molecule has 0 atom stereocenters. The first-order valence-corrected chi connectivity index (χ1v) is 22.7. The average molecular weight is 884 g/mol. The van der Waals surface area contributed by atoms with Gasteiger partial charge in [0.05, 0.1) is 46.8 Å². The minimum absolute atomic E-state index is 0.0342. The van der Waals surface area contributed by atoms with Crippen molar-refractivity contribution in [3.8, 4) is 51.2 Å². The van der Waals surface area contributed by atoms with Crippen LogP contribution in [0.2, 0.25) is 0 Å². The van der Waals surface area contributed by atoms with Crippen LogP contribution < -0.4 is 38.5 Å². The van der Waals surface area contributed by atoms with Gasteiger partial charge in [-0.1, -0.05) is 18.2 Å². The minimum Gasteiger partial charge on any atom is -0.496 e. The van der Waals surface area contributed by atoms with E-state index in [2.05, 4.69) is 94.8 Å². The van der Waals surface area contributed by atoms with Crippen LogP contribution in [-0.4, -0.2) is 110 Å². The van der Waals surface area contributed by atoms with Crippen LogP contribution in [0.5, 0.6) is 28.7 Å². The Morgan fingerprint density at radius 3 is 2.11 bits per heavy atom. The average Bonchev–Trinajstić information content (AvgIpc) is 3.34. The largest absolute Gasteiger partial charge is 0.496 e. The van der Waals surface area contributed by atoms with E-state index in [4.69, 9.17) is 28.1 Å². The predicted octanol–water partition coefficient (Wildman–Crippen LogP) is 9.85. The van der Waals surface area contributed by atoms with Gasteiger partial charge >= 0.3 is 0 Å². The van der Waals surface area contributed by atoms with Gasteiger partial charge in [-0.25, -0.2) is 4.58 Å². The lowest BCUT2D eigenvalue weighted by atomic mass is 9.90. The van der Waals surface area contributed by atoms with Crippen LogP contribution in [0.1, 0.15) is 50.0 Å². The molecule has 0 radical (unpaired) electrons. The molecule has 3 aliphatic rings. The van der Waals surface area contributed by atoms with E-state index in [0.717, 1.165) is 102 Å². The second-order valence-electron chi connectivity index (χ2n) is 15.9. The van der Waals surface area contributed by atoms with Gasteiger partial charge in [-0.2, -0.15) is 5.11 Å². The zero-order valence-electron chi connectivity index (χ0n) is 39.4. The van der Waals surface area contributed by atoms with Crippen LogP contribution >= 0.6 is 0 Å². The molecule has 1 aliphatic carbocycles. The molecular weight excluding hydrogens is 821 g/mol. The number of benzene rings is 5. The van der Waals surface area contributed by atoms with Crippen molar-refractivity contribution in [3.05, 3.63) is 101 Å². The van der Waals surface area contributed by atoms with Crippen molar-refractivity contribution in [1.29, 1.82) is 0 Å². The van der Waals surface area contributed by atoms with Crippen LogP contribution in [0.15, 0.2) is 99.6 Å². The number of nitrogens with zero attached hydrogens (tertiary/aromatic N) is 6. The number of ether oxygens (including phenoxy) is 5. The van der Waals surface area contributed by atoms with E-state index < -0.39 is 0 Å². The first-order valence-electron chi connectivity index (χ1n) is 22.7. The number of piperazine rings is 1. The number of carbonyl (C=O) groups is 1. The summed E-state index contributed by atoms with van der Waals surface area (Å²) in [6.07, 6.45) is 0.780. The molecule has 0 aromatic heterocycles. The Labute approximate surface area is 382 Å². The van der Waals surface area contributed by atoms with Crippen molar-refractivity contribution in [2.24, 2.45) is 10.2 Å². The fourth-order valence-electron chi connectivity index (χ4n) is 8.80. The zero-order valence-corrected chi connectivity index (χ0v) is 39.4. The third-order valence-corrected chi connectivity index (χ3v) is 12.4. The number of anilines is 1. The van der Waals surface area contributed by atoms with Gasteiger partial charge in [0, 0.05) is 103 Å². The van der Waals surface area contributed by atoms with Crippen LogP contribution in [0.4, 0.5) is 17.1 Å². The number of rotatable bonds is 18. The highest BCUT2D eigenvalue weighted by atomic mass is 16.5.